The number of amides is 1. The number of rotatable bonds is 2. The maximum atomic E-state index is 13.0. The van der Waals surface area contributed by atoms with Crippen molar-refractivity contribution in [1.29, 1.82) is 0 Å². The van der Waals surface area contributed by atoms with E-state index < -0.39 is 0 Å². The molecule has 3 nitrogen and oxygen atoms in total. The summed E-state index contributed by atoms with van der Waals surface area (Å²) in [6, 6.07) is 14.4. The lowest BCUT2D eigenvalue weighted by Crippen LogP contribution is -2.32. The maximum absolute atomic E-state index is 13.0. The number of aryl methyl sites for hydroxylation is 1. The van der Waals surface area contributed by atoms with Gasteiger partial charge in [-0.1, -0.05) is 43.3 Å². The van der Waals surface area contributed by atoms with Crippen LogP contribution in [0.4, 0.5) is 0 Å². The molecule has 1 unspecified atom stereocenters. The van der Waals surface area contributed by atoms with Gasteiger partial charge in [0, 0.05) is 11.5 Å². The average molecular weight is 398 g/mol. The standard InChI is InChI=1S/C21H20BrNO2/c1-12-15-8-5-9-17(22)20(15)25-13(2)19(12)21(24)23-18-11-10-14-6-3-4-7-16(14)18/h3-9,12,18H,10-11H2,1-2H3,(H,23,24)/t12?,18-/m0/s1. The summed E-state index contributed by atoms with van der Waals surface area (Å²) in [7, 11) is 0. The Labute approximate surface area is 156 Å². The van der Waals surface area contributed by atoms with Gasteiger partial charge in [0.15, 0.2) is 0 Å². The molecule has 4 rings (SSSR count). The molecule has 1 aliphatic heterocycles. The van der Waals surface area contributed by atoms with Crippen LogP contribution in [0.1, 0.15) is 48.9 Å². The van der Waals surface area contributed by atoms with Crippen LogP contribution in [0.15, 0.2) is 58.3 Å². The fourth-order valence-corrected chi connectivity index (χ4v) is 4.40. The highest BCUT2D eigenvalue weighted by molar-refractivity contribution is 9.10. The third-order valence-corrected chi connectivity index (χ3v) is 5.84. The van der Waals surface area contributed by atoms with Crippen LogP contribution in [-0.2, 0) is 11.2 Å². The number of hydrogen-bond donors (Lipinski definition) is 1. The Bertz CT molecular complexity index is 887. The molecule has 1 amide bonds. The first kappa shape index (κ1) is 16.4. The maximum Gasteiger partial charge on any atom is 0.251 e. The van der Waals surface area contributed by atoms with Gasteiger partial charge in [-0.2, -0.15) is 0 Å². The molecule has 1 heterocycles. The number of carbonyl (C=O) groups is 1. The van der Waals surface area contributed by atoms with Crippen LogP contribution in [0.25, 0.3) is 0 Å². The fourth-order valence-electron chi connectivity index (χ4n) is 3.94. The van der Waals surface area contributed by atoms with Crippen molar-refractivity contribution in [3.8, 4) is 5.75 Å². The number of halogens is 1. The molecule has 0 fully saturated rings. The van der Waals surface area contributed by atoms with E-state index in [4.69, 9.17) is 4.74 Å². The molecule has 128 valence electrons. The van der Waals surface area contributed by atoms with Crippen LogP contribution < -0.4 is 10.1 Å². The van der Waals surface area contributed by atoms with Crippen molar-refractivity contribution in [1.82, 2.24) is 5.32 Å². The molecule has 0 spiro atoms. The van der Waals surface area contributed by atoms with Gasteiger partial charge < -0.3 is 10.1 Å². The summed E-state index contributed by atoms with van der Waals surface area (Å²) in [5.41, 5.74) is 4.33. The summed E-state index contributed by atoms with van der Waals surface area (Å²) in [5.74, 6) is 1.46. The van der Waals surface area contributed by atoms with Crippen LogP contribution in [0.3, 0.4) is 0 Å². The number of allylic oxidation sites excluding steroid dienone is 1. The predicted molar refractivity (Wildman–Crippen MR) is 102 cm³/mol. The second-order valence-corrected chi connectivity index (χ2v) is 7.57. The van der Waals surface area contributed by atoms with Crippen molar-refractivity contribution in [2.24, 2.45) is 0 Å². The zero-order chi connectivity index (χ0) is 17.6. The highest BCUT2D eigenvalue weighted by Crippen LogP contribution is 2.43. The van der Waals surface area contributed by atoms with E-state index in [1.807, 2.05) is 31.2 Å². The lowest BCUT2D eigenvalue weighted by atomic mass is 9.88. The minimum absolute atomic E-state index is 0.00195. The van der Waals surface area contributed by atoms with Crippen molar-refractivity contribution in [3.05, 3.63) is 75.0 Å². The molecular weight excluding hydrogens is 378 g/mol. The van der Waals surface area contributed by atoms with Gasteiger partial charge in [0.2, 0.25) is 0 Å². The molecule has 0 saturated carbocycles. The second kappa shape index (κ2) is 6.34. The zero-order valence-electron chi connectivity index (χ0n) is 14.3. The average Bonchev–Trinajstić information content (AvgIpc) is 2.99. The lowest BCUT2D eigenvalue weighted by Gasteiger charge is -2.28. The van der Waals surface area contributed by atoms with E-state index in [9.17, 15) is 4.79 Å². The first-order chi connectivity index (χ1) is 12.1. The number of benzene rings is 2. The van der Waals surface area contributed by atoms with Crippen molar-refractivity contribution in [3.63, 3.8) is 0 Å². The highest BCUT2D eigenvalue weighted by atomic mass is 79.9. The summed E-state index contributed by atoms with van der Waals surface area (Å²) in [6.07, 6.45) is 1.97. The Hall–Kier alpha value is -2.07. The number of fused-ring (bicyclic) bond motifs is 2. The van der Waals surface area contributed by atoms with E-state index in [1.54, 1.807) is 0 Å². The van der Waals surface area contributed by atoms with Gasteiger partial charge in [0.05, 0.1) is 16.1 Å². The monoisotopic (exact) mass is 397 g/mol. The van der Waals surface area contributed by atoms with Crippen molar-refractivity contribution >= 4 is 21.8 Å². The third kappa shape index (κ3) is 2.78. The van der Waals surface area contributed by atoms with E-state index in [0.717, 1.165) is 34.2 Å². The Morgan fingerprint density at radius 1 is 1.16 bits per heavy atom. The topological polar surface area (TPSA) is 38.3 Å². The molecule has 4 heteroatoms. The van der Waals surface area contributed by atoms with Gasteiger partial charge in [0.25, 0.3) is 5.91 Å². The molecule has 2 atom stereocenters. The quantitative estimate of drug-likeness (QED) is 0.771. The van der Waals surface area contributed by atoms with E-state index in [0.29, 0.717) is 5.76 Å². The minimum atomic E-state index is -0.0303. The van der Waals surface area contributed by atoms with Crippen molar-refractivity contribution in [2.75, 3.05) is 0 Å². The molecule has 2 aliphatic rings. The van der Waals surface area contributed by atoms with Gasteiger partial charge in [-0.05, 0) is 52.9 Å². The van der Waals surface area contributed by atoms with Crippen LogP contribution in [-0.4, -0.2) is 5.91 Å². The van der Waals surface area contributed by atoms with Crippen LogP contribution in [0, 0.1) is 0 Å². The smallest absolute Gasteiger partial charge is 0.251 e. The first-order valence-corrected chi connectivity index (χ1v) is 9.41. The highest BCUT2D eigenvalue weighted by Gasteiger charge is 2.32. The normalized spacial score (nSPS) is 21.4. The van der Waals surface area contributed by atoms with Gasteiger partial charge >= 0.3 is 0 Å². The fraction of sp³-hybridized carbons (Fsp3) is 0.286. The predicted octanol–water partition coefficient (Wildman–Crippen LogP) is 5.02. The Kier molecular flexibility index (Phi) is 4.16. The van der Waals surface area contributed by atoms with Gasteiger partial charge in [-0.3, -0.25) is 4.79 Å². The molecular formula is C21H20BrNO2. The van der Waals surface area contributed by atoms with Crippen LogP contribution >= 0.6 is 15.9 Å². The number of hydrogen-bond acceptors (Lipinski definition) is 2. The minimum Gasteiger partial charge on any atom is -0.460 e. The second-order valence-electron chi connectivity index (χ2n) is 6.72. The first-order valence-electron chi connectivity index (χ1n) is 8.62. The van der Waals surface area contributed by atoms with E-state index in [1.165, 1.54) is 11.1 Å². The molecule has 1 aliphatic carbocycles. The van der Waals surface area contributed by atoms with E-state index >= 15 is 0 Å². The molecule has 0 aromatic heterocycles. The number of para-hydroxylation sites is 1. The molecule has 2 aromatic carbocycles. The SMILES string of the molecule is CC1=C(C(=O)N[C@H]2CCc3ccccc32)C(C)c2cccc(Br)c2O1. The molecule has 2 aromatic rings. The number of carbonyl (C=O) groups excluding carboxylic acids is 1. The lowest BCUT2D eigenvalue weighted by molar-refractivity contribution is -0.118. The summed E-state index contributed by atoms with van der Waals surface area (Å²) in [4.78, 5) is 13.0. The Balaban J connectivity index is 1.61. The molecule has 0 radical (unpaired) electrons. The van der Waals surface area contributed by atoms with E-state index in [-0.39, 0.29) is 17.9 Å². The van der Waals surface area contributed by atoms with Gasteiger partial charge in [-0.15, -0.1) is 0 Å². The zero-order valence-corrected chi connectivity index (χ0v) is 15.9. The van der Waals surface area contributed by atoms with Crippen LogP contribution in [0.5, 0.6) is 5.75 Å². The Morgan fingerprint density at radius 2 is 1.92 bits per heavy atom. The molecule has 0 bridgehead atoms. The molecule has 0 saturated heterocycles. The van der Waals surface area contributed by atoms with E-state index in [2.05, 4.69) is 46.4 Å². The van der Waals surface area contributed by atoms with Gasteiger partial charge in [-0.25, -0.2) is 0 Å². The molecule has 1 N–H and O–H groups in total. The number of nitrogens with one attached hydrogen (secondary N) is 1. The summed E-state index contributed by atoms with van der Waals surface area (Å²) in [5, 5.41) is 3.22. The largest absolute Gasteiger partial charge is 0.460 e. The van der Waals surface area contributed by atoms with Gasteiger partial charge in [0.1, 0.15) is 11.5 Å². The summed E-state index contributed by atoms with van der Waals surface area (Å²) in [6.45, 7) is 3.94. The summed E-state index contributed by atoms with van der Waals surface area (Å²) >= 11 is 3.53. The third-order valence-electron chi connectivity index (χ3n) is 5.21. The molecule has 25 heavy (non-hydrogen) atoms. The Morgan fingerprint density at radius 3 is 2.76 bits per heavy atom. The van der Waals surface area contributed by atoms with Crippen molar-refractivity contribution < 1.29 is 9.53 Å². The van der Waals surface area contributed by atoms with Crippen LogP contribution in [0.2, 0.25) is 0 Å². The van der Waals surface area contributed by atoms with Crippen molar-refractivity contribution in [2.45, 2.75) is 38.6 Å². The summed E-state index contributed by atoms with van der Waals surface area (Å²) < 4.78 is 6.89. The number of ether oxygens (including phenoxy) is 1.